The molecule has 0 unspecified atom stereocenters. The third kappa shape index (κ3) is 7.47. The molecule has 1 spiro atoms. The Morgan fingerprint density at radius 1 is 0.952 bits per heavy atom. The summed E-state index contributed by atoms with van der Waals surface area (Å²) < 4.78 is 7.88. The van der Waals surface area contributed by atoms with E-state index in [2.05, 4.69) is 91.5 Å². The molecule has 0 N–H and O–H groups in total. The lowest BCUT2D eigenvalue weighted by molar-refractivity contribution is 0.144. The van der Waals surface area contributed by atoms with Crippen LogP contribution in [0.4, 0.5) is 11.4 Å². The third-order valence-corrected chi connectivity index (χ3v) is 10.6. The molecule has 6 rings (SSSR count). The number of hydrogen-bond donors (Lipinski definition) is 0. The second-order valence-corrected chi connectivity index (χ2v) is 14.1. The van der Waals surface area contributed by atoms with Gasteiger partial charge in [-0.1, -0.05) is 53.4 Å². The fraction of sp³-hybridized carbons (Fsp3) is 0.353. The molecular formula is C34H36Br2ClN3OS. The number of ether oxygens (including phenoxy) is 1. The van der Waals surface area contributed by atoms with Gasteiger partial charge < -0.3 is 9.64 Å². The Balaban J connectivity index is 0.00000353. The minimum absolute atomic E-state index is 0. The van der Waals surface area contributed by atoms with Crippen molar-refractivity contribution in [3.05, 3.63) is 91.1 Å². The van der Waals surface area contributed by atoms with Crippen LogP contribution in [0.3, 0.4) is 0 Å². The second-order valence-electron chi connectivity index (χ2n) is 11.4. The molecule has 1 aliphatic heterocycles. The van der Waals surface area contributed by atoms with Crippen LogP contribution < -0.4 is 9.64 Å². The lowest BCUT2D eigenvalue weighted by Gasteiger charge is -2.45. The molecule has 4 aromatic rings. The second kappa shape index (κ2) is 14.1. The maximum atomic E-state index is 5.95. The highest BCUT2D eigenvalue weighted by Gasteiger charge is 2.35. The van der Waals surface area contributed by atoms with Crippen molar-refractivity contribution in [1.29, 1.82) is 0 Å². The van der Waals surface area contributed by atoms with E-state index >= 15 is 0 Å². The molecule has 0 amide bonds. The number of aryl methyl sites for hydroxylation is 1. The van der Waals surface area contributed by atoms with Crippen LogP contribution in [0, 0.1) is 12.3 Å². The first-order valence-electron chi connectivity index (χ1n) is 14.5. The molecule has 2 fully saturated rings. The minimum atomic E-state index is 0. The van der Waals surface area contributed by atoms with Gasteiger partial charge in [0.1, 0.15) is 17.4 Å². The SMILES string of the molecule is Cc1cc(N2CCC3(CCCCC3)CC2)ccc1C=Nc1ccc(-c2csc(COc3ccc(Br)cc3Br)n2)cc1.Cl. The monoisotopic (exact) mass is 727 g/mol. The minimum Gasteiger partial charge on any atom is -0.485 e. The van der Waals surface area contributed by atoms with Crippen molar-refractivity contribution in [2.45, 2.75) is 58.5 Å². The summed E-state index contributed by atoms with van der Waals surface area (Å²) in [5.41, 5.74) is 7.40. The molecule has 4 nitrogen and oxygen atoms in total. The van der Waals surface area contributed by atoms with E-state index in [1.165, 1.54) is 74.8 Å². The van der Waals surface area contributed by atoms with Crippen LogP contribution in [-0.2, 0) is 6.61 Å². The number of aromatic nitrogens is 1. The third-order valence-electron chi connectivity index (χ3n) is 8.67. The highest BCUT2D eigenvalue weighted by molar-refractivity contribution is 9.11. The van der Waals surface area contributed by atoms with E-state index in [1.54, 1.807) is 11.3 Å². The average molecular weight is 730 g/mol. The van der Waals surface area contributed by atoms with Crippen LogP contribution in [0.2, 0.25) is 0 Å². The Morgan fingerprint density at radius 3 is 2.43 bits per heavy atom. The number of nitrogens with zero attached hydrogens (tertiary/aromatic N) is 3. The molecule has 8 heteroatoms. The Hall–Kier alpha value is -2.19. The molecule has 1 aliphatic carbocycles. The van der Waals surface area contributed by atoms with Gasteiger partial charge in [-0.3, -0.25) is 4.99 Å². The topological polar surface area (TPSA) is 37.7 Å². The van der Waals surface area contributed by atoms with Gasteiger partial charge in [-0.15, -0.1) is 23.7 Å². The molecule has 3 aromatic carbocycles. The zero-order chi connectivity index (χ0) is 28.2. The lowest BCUT2D eigenvalue weighted by atomic mass is 9.68. The van der Waals surface area contributed by atoms with E-state index in [-0.39, 0.29) is 12.4 Å². The van der Waals surface area contributed by atoms with Crippen molar-refractivity contribution >= 4 is 73.2 Å². The van der Waals surface area contributed by atoms with Crippen LogP contribution in [0.25, 0.3) is 11.3 Å². The van der Waals surface area contributed by atoms with Crippen molar-refractivity contribution in [3.63, 3.8) is 0 Å². The number of piperidine rings is 1. The lowest BCUT2D eigenvalue weighted by Crippen LogP contribution is -2.41. The summed E-state index contributed by atoms with van der Waals surface area (Å²) in [7, 11) is 0. The van der Waals surface area contributed by atoms with Gasteiger partial charge in [0, 0.05) is 40.4 Å². The average Bonchev–Trinajstić information content (AvgIpc) is 3.46. The first-order chi connectivity index (χ1) is 20.0. The summed E-state index contributed by atoms with van der Waals surface area (Å²) in [6, 6.07) is 21.0. The molecule has 2 aliphatic rings. The maximum Gasteiger partial charge on any atom is 0.140 e. The molecule has 0 radical (unpaired) electrons. The Bertz CT molecular complexity index is 1520. The zero-order valence-electron chi connectivity index (χ0n) is 23.8. The first-order valence-corrected chi connectivity index (χ1v) is 17.0. The molecule has 1 saturated heterocycles. The van der Waals surface area contributed by atoms with Crippen molar-refractivity contribution in [2.24, 2.45) is 10.4 Å². The van der Waals surface area contributed by atoms with Gasteiger partial charge >= 0.3 is 0 Å². The van der Waals surface area contributed by atoms with E-state index in [1.807, 2.05) is 24.4 Å². The smallest absolute Gasteiger partial charge is 0.140 e. The van der Waals surface area contributed by atoms with E-state index in [0.29, 0.717) is 12.0 Å². The summed E-state index contributed by atoms with van der Waals surface area (Å²) in [4.78, 5) is 12.1. The van der Waals surface area contributed by atoms with Gasteiger partial charge in [-0.2, -0.15) is 0 Å². The quantitative estimate of drug-likeness (QED) is 0.178. The molecule has 0 bridgehead atoms. The summed E-state index contributed by atoms with van der Waals surface area (Å²) in [6.07, 6.45) is 11.9. The molecular weight excluding hydrogens is 694 g/mol. The fourth-order valence-electron chi connectivity index (χ4n) is 6.15. The van der Waals surface area contributed by atoms with E-state index < -0.39 is 0 Å². The van der Waals surface area contributed by atoms with Crippen molar-refractivity contribution < 1.29 is 4.74 Å². The Labute approximate surface area is 276 Å². The number of aliphatic imine (C=N–C) groups is 1. The van der Waals surface area contributed by atoms with Crippen LogP contribution in [0.5, 0.6) is 5.75 Å². The largest absolute Gasteiger partial charge is 0.485 e. The predicted molar refractivity (Wildman–Crippen MR) is 186 cm³/mol. The zero-order valence-corrected chi connectivity index (χ0v) is 28.6. The highest BCUT2D eigenvalue weighted by atomic mass is 79.9. The molecule has 220 valence electrons. The number of anilines is 1. The van der Waals surface area contributed by atoms with Gasteiger partial charge in [0.2, 0.25) is 0 Å². The number of halogens is 3. The fourth-order valence-corrected chi connectivity index (χ4v) is 8.02. The number of rotatable bonds is 7. The van der Waals surface area contributed by atoms with E-state index in [0.717, 1.165) is 36.6 Å². The van der Waals surface area contributed by atoms with E-state index in [4.69, 9.17) is 14.7 Å². The van der Waals surface area contributed by atoms with Gasteiger partial charge in [0.25, 0.3) is 0 Å². The summed E-state index contributed by atoms with van der Waals surface area (Å²) in [5, 5.41) is 3.02. The molecule has 1 aromatic heterocycles. The summed E-state index contributed by atoms with van der Waals surface area (Å²) in [6.45, 7) is 5.01. The highest BCUT2D eigenvalue weighted by Crippen LogP contribution is 2.45. The normalized spacial score (nSPS) is 16.5. The Kier molecular flexibility index (Phi) is 10.5. The van der Waals surface area contributed by atoms with Crippen LogP contribution in [0.15, 0.2) is 80.0 Å². The molecule has 42 heavy (non-hydrogen) atoms. The number of benzene rings is 3. The van der Waals surface area contributed by atoms with Gasteiger partial charge in [-0.25, -0.2) is 4.98 Å². The summed E-state index contributed by atoms with van der Waals surface area (Å²) >= 11 is 8.63. The predicted octanol–water partition coefficient (Wildman–Crippen LogP) is 10.9. The van der Waals surface area contributed by atoms with Crippen molar-refractivity contribution in [1.82, 2.24) is 4.98 Å². The van der Waals surface area contributed by atoms with Crippen LogP contribution in [0.1, 0.15) is 61.1 Å². The van der Waals surface area contributed by atoms with E-state index in [9.17, 15) is 0 Å². The first kappa shape index (κ1) is 31.2. The molecule has 1 saturated carbocycles. The Morgan fingerprint density at radius 2 is 1.71 bits per heavy atom. The van der Waals surface area contributed by atoms with Gasteiger partial charge in [0.15, 0.2) is 0 Å². The maximum absolute atomic E-state index is 5.95. The molecule has 0 atom stereocenters. The van der Waals surface area contributed by atoms with Gasteiger partial charge in [0.05, 0.1) is 15.9 Å². The standard InChI is InChI=1S/C34H35Br2N3OS.ClH/c1-24-19-29(39-17-15-34(16-18-39)13-3-2-4-14-34)11-7-26(24)21-37-28-9-5-25(6-10-28)31-23-41-33(38-31)22-40-32-12-8-27(35)20-30(32)36;/h5-12,19-21,23H,2-4,13-18,22H2,1H3;1H. The van der Waals surface area contributed by atoms with Crippen LogP contribution in [-0.4, -0.2) is 24.3 Å². The molecule has 2 heterocycles. The van der Waals surface area contributed by atoms with Crippen molar-refractivity contribution in [3.8, 4) is 17.0 Å². The number of hydrogen-bond acceptors (Lipinski definition) is 5. The van der Waals surface area contributed by atoms with Crippen molar-refractivity contribution in [2.75, 3.05) is 18.0 Å². The summed E-state index contributed by atoms with van der Waals surface area (Å²) in [5.74, 6) is 0.802. The van der Waals surface area contributed by atoms with Gasteiger partial charge in [-0.05, 0) is 108 Å². The number of thiazole rings is 1. The van der Waals surface area contributed by atoms with Crippen LogP contribution >= 0.6 is 55.6 Å².